The Morgan fingerprint density at radius 3 is 2.16 bits per heavy atom. The Morgan fingerprint density at radius 1 is 1.32 bits per heavy atom. The smallest absolute Gasteiger partial charge is 0.154 e. The molecule has 7 heteroatoms. The number of hydrogen-bond acceptors (Lipinski definition) is 4. The highest BCUT2D eigenvalue weighted by Gasteiger charge is 2.39. The van der Waals surface area contributed by atoms with Gasteiger partial charge in [0.25, 0.3) is 0 Å². The number of nitrogens with two attached hydrogens (primary N) is 1. The number of halogens is 2. The van der Waals surface area contributed by atoms with E-state index in [1.807, 2.05) is 0 Å². The lowest BCUT2D eigenvalue weighted by Gasteiger charge is -2.32. The number of sulfone groups is 1. The van der Waals surface area contributed by atoms with E-state index < -0.39 is 32.3 Å². The summed E-state index contributed by atoms with van der Waals surface area (Å²) in [5.41, 5.74) is 2.16. The van der Waals surface area contributed by atoms with Crippen molar-refractivity contribution < 1.29 is 17.2 Å². The van der Waals surface area contributed by atoms with Crippen LogP contribution in [0.25, 0.3) is 0 Å². The summed E-state index contributed by atoms with van der Waals surface area (Å²) in [7, 11) is -3.45. The maximum atomic E-state index is 13.6. The molecule has 1 rings (SSSR count). The van der Waals surface area contributed by atoms with Crippen molar-refractivity contribution in [3.63, 3.8) is 0 Å². The van der Waals surface area contributed by atoms with E-state index in [0.29, 0.717) is 0 Å². The van der Waals surface area contributed by atoms with Gasteiger partial charge in [0, 0.05) is 17.9 Å². The van der Waals surface area contributed by atoms with Crippen LogP contribution in [0, 0.1) is 11.6 Å². The Kier molecular flexibility index (Phi) is 4.65. The highest BCUT2D eigenvalue weighted by molar-refractivity contribution is 7.92. The molecule has 0 bridgehead atoms. The summed E-state index contributed by atoms with van der Waals surface area (Å²) < 4.78 is 49.4. The molecular formula is C12H18F2N2O2S. The molecule has 0 aliphatic rings. The van der Waals surface area contributed by atoms with Crippen molar-refractivity contribution in [2.24, 2.45) is 5.84 Å². The van der Waals surface area contributed by atoms with E-state index >= 15 is 0 Å². The molecule has 0 saturated heterocycles. The predicted octanol–water partition coefficient (Wildman–Crippen LogP) is 1.16. The van der Waals surface area contributed by atoms with Crippen molar-refractivity contribution in [3.05, 3.63) is 35.4 Å². The van der Waals surface area contributed by atoms with Crippen LogP contribution in [-0.4, -0.2) is 25.5 Å². The highest BCUT2D eigenvalue weighted by atomic mass is 32.2. The van der Waals surface area contributed by atoms with Gasteiger partial charge in [-0.05, 0) is 32.4 Å². The number of hydrazine groups is 1. The van der Waals surface area contributed by atoms with Gasteiger partial charge in [-0.15, -0.1) is 0 Å². The fourth-order valence-electron chi connectivity index (χ4n) is 1.70. The predicted molar refractivity (Wildman–Crippen MR) is 70.1 cm³/mol. The average Bonchev–Trinajstić information content (AvgIpc) is 2.26. The topological polar surface area (TPSA) is 72.2 Å². The van der Waals surface area contributed by atoms with E-state index in [2.05, 4.69) is 5.43 Å². The normalized spacial score (nSPS) is 14.4. The third-order valence-corrected chi connectivity index (χ3v) is 5.66. The van der Waals surface area contributed by atoms with Gasteiger partial charge in [0.15, 0.2) is 9.84 Å². The van der Waals surface area contributed by atoms with E-state index in [9.17, 15) is 17.2 Å². The zero-order valence-electron chi connectivity index (χ0n) is 11.1. The van der Waals surface area contributed by atoms with Crippen molar-refractivity contribution in [2.45, 2.75) is 31.1 Å². The van der Waals surface area contributed by atoms with Crippen LogP contribution in [0.2, 0.25) is 0 Å². The highest BCUT2D eigenvalue weighted by Crippen LogP contribution is 2.24. The molecule has 1 aromatic carbocycles. The van der Waals surface area contributed by atoms with Crippen molar-refractivity contribution >= 4 is 9.84 Å². The van der Waals surface area contributed by atoms with Crippen LogP contribution in [0.4, 0.5) is 8.78 Å². The quantitative estimate of drug-likeness (QED) is 0.631. The van der Waals surface area contributed by atoms with E-state index in [1.54, 1.807) is 0 Å². The second-order valence-electron chi connectivity index (χ2n) is 5.00. The van der Waals surface area contributed by atoms with Crippen LogP contribution < -0.4 is 11.3 Å². The summed E-state index contributed by atoms with van der Waals surface area (Å²) in [6, 6.07) is 2.69. The molecule has 0 aliphatic heterocycles. The monoisotopic (exact) mass is 292 g/mol. The summed E-state index contributed by atoms with van der Waals surface area (Å²) in [6.07, 6.45) is 0.907. The first kappa shape index (κ1) is 16.0. The number of hydrogen-bond donors (Lipinski definition) is 2. The molecule has 0 aliphatic carbocycles. The van der Waals surface area contributed by atoms with E-state index in [-0.39, 0.29) is 12.0 Å². The summed E-state index contributed by atoms with van der Waals surface area (Å²) >= 11 is 0. The lowest BCUT2D eigenvalue weighted by molar-refractivity contribution is 0.401. The number of benzene rings is 1. The molecule has 1 unspecified atom stereocenters. The Bertz CT molecular complexity index is 539. The van der Waals surface area contributed by atoms with Gasteiger partial charge in [-0.2, -0.15) is 0 Å². The van der Waals surface area contributed by atoms with Crippen LogP contribution >= 0.6 is 0 Å². The minimum atomic E-state index is -3.45. The Labute approximate surface area is 111 Å². The SMILES string of the molecule is CC(C)(C(Cc1c(F)cccc1F)NN)S(C)(=O)=O. The van der Waals surface area contributed by atoms with Crippen molar-refractivity contribution in [1.82, 2.24) is 5.43 Å². The van der Waals surface area contributed by atoms with Crippen LogP contribution in [0.1, 0.15) is 19.4 Å². The van der Waals surface area contributed by atoms with Gasteiger partial charge in [-0.3, -0.25) is 11.3 Å². The molecule has 0 saturated carbocycles. The van der Waals surface area contributed by atoms with E-state index in [1.165, 1.54) is 19.9 Å². The molecule has 0 amide bonds. The zero-order valence-corrected chi connectivity index (χ0v) is 11.9. The minimum Gasteiger partial charge on any atom is -0.271 e. The fourth-order valence-corrected chi connectivity index (χ4v) is 2.36. The first-order valence-corrected chi connectivity index (χ1v) is 7.59. The first-order chi connectivity index (χ1) is 8.61. The lowest BCUT2D eigenvalue weighted by Crippen LogP contribution is -2.55. The molecule has 0 fully saturated rings. The Balaban J connectivity index is 3.15. The van der Waals surface area contributed by atoms with E-state index in [0.717, 1.165) is 18.4 Å². The number of nitrogens with one attached hydrogen (secondary N) is 1. The van der Waals surface area contributed by atoms with Crippen LogP contribution in [-0.2, 0) is 16.3 Å². The summed E-state index contributed by atoms with van der Waals surface area (Å²) in [5.74, 6) is 3.91. The third kappa shape index (κ3) is 3.29. The number of rotatable bonds is 5. The van der Waals surface area contributed by atoms with Gasteiger partial charge in [-0.1, -0.05) is 6.07 Å². The van der Waals surface area contributed by atoms with Crippen molar-refractivity contribution in [1.29, 1.82) is 0 Å². The molecule has 0 heterocycles. The van der Waals surface area contributed by atoms with Gasteiger partial charge < -0.3 is 0 Å². The Hall–Kier alpha value is -1.05. The largest absolute Gasteiger partial charge is 0.271 e. The average molecular weight is 292 g/mol. The van der Waals surface area contributed by atoms with Crippen LogP contribution in [0.5, 0.6) is 0 Å². The molecule has 4 nitrogen and oxygen atoms in total. The van der Waals surface area contributed by atoms with E-state index in [4.69, 9.17) is 5.84 Å². The minimum absolute atomic E-state index is 0.158. The second kappa shape index (κ2) is 5.52. The Morgan fingerprint density at radius 2 is 1.79 bits per heavy atom. The van der Waals surface area contributed by atoms with Gasteiger partial charge in [0.05, 0.1) is 4.75 Å². The first-order valence-electron chi connectivity index (χ1n) is 5.70. The molecule has 19 heavy (non-hydrogen) atoms. The molecule has 3 N–H and O–H groups in total. The molecule has 108 valence electrons. The maximum absolute atomic E-state index is 13.6. The zero-order chi connectivity index (χ0) is 14.8. The van der Waals surface area contributed by atoms with Crippen molar-refractivity contribution in [3.8, 4) is 0 Å². The maximum Gasteiger partial charge on any atom is 0.154 e. The summed E-state index contributed by atoms with van der Waals surface area (Å²) in [4.78, 5) is 0. The molecule has 1 atom stereocenters. The lowest BCUT2D eigenvalue weighted by atomic mass is 9.95. The molecular weight excluding hydrogens is 274 g/mol. The summed E-state index contributed by atoms with van der Waals surface area (Å²) in [5, 5.41) is 0. The molecule has 0 spiro atoms. The van der Waals surface area contributed by atoms with Gasteiger partial charge in [-0.25, -0.2) is 17.2 Å². The van der Waals surface area contributed by atoms with Gasteiger partial charge in [0.2, 0.25) is 0 Å². The summed E-state index contributed by atoms with van der Waals surface area (Å²) in [6.45, 7) is 2.93. The van der Waals surface area contributed by atoms with Crippen molar-refractivity contribution in [2.75, 3.05) is 6.26 Å². The third-order valence-electron chi connectivity index (χ3n) is 3.47. The molecule has 0 aromatic heterocycles. The van der Waals surface area contributed by atoms with Crippen LogP contribution in [0.15, 0.2) is 18.2 Å². The van der Waals surface area contributed by atoms with Crippen LogP contribution in [0.3, 0.4) is 0 Å². The van der Waals surface area contributed by atoms with Gasteiger partial charge >= 0.3 is 0 Å². The molecule has 1 aromatic rings. The standard InChI is InChI=1S/C12H18F2N2O2S/c1-12(2,19(3,17)18)11(16-15)7-8-9(13)5-4-6-10(8)14/h4-6,11,16H,7,15H2,1-3H3. The molecule has 0 radical (unpaired) electrons. The van der Waals surface area contributed by atoms with Gasteiger partial charge in [0.1, 0.15) is 11.6 Å². The second-order valence-corrected chi connectivity index (χ2v) is 7.60. The fraction of sp³-hybridized carbons (Fsp3) is 0.500.